The summed E-state index contributed by atoms with van der Waals surface area (Å²) in [6.45, 7) is 5.96. The Morgan fingerprint density at radius 1 is 1.16 bits per heavy atom. The molecule has 0 radical (unpaired) electrons. The Bertz CT molecular complexity index is 480. The fourth-order valence-corrected chi connectivity index (χ4v) is 3.54. The third kappa shape index (κ3) is 5.30. The van der Waals surface area contributed by atoms with Crippen molar-refractivity contribution in [2.45, 2.75) is 45.6 Å². The van der Waals surface area contributed by atoms with E-state index in [0.29, 0.717) is 0 Å². The van der Waals surface area contributed by atoms with E-state index in [1.54, 1.807) is 24.3 Å². The van der Waals surface area contributed by atoms with Crippen LogP contribution in [0.15, 0.2) is 24.3 Å². The molecule has 0 saturated carbocycles. The van der Waals surface area contributed by atoms with Crippen LogP contribution in [0.3, 0.4) is 0 Å². The van der Waals surface area contributed by atoms with E-state index < -0.39 is 10.0 Å². The van der Waals surface area contributed by atoms with Crippen molar-refractivity contribution in [3.05, 3.63) is 35.4 Å². The van der Waals surface area contributed by atoms with Gasteiger partial charge in [-0.3, -0.25) is 0 Å². The van der Waals surface area contributed by atoms with Crippen molar-refractivity contribution in [2.24, 2.45) is 5.92 Å². The van der Waals surface area contributed by atoms with Crippen LogP contribution in [0.2, 0.25) is 0 Å². The molecular formula is C14H23NO3S. The second kappa shape index (κ2) is 7.03. The lowest BCUT2D eigenvalue weighted by Crippen LogP contribution is -2.38. The summed E-state index contributed by atoms with van der Waals surface area (Å²) >= 11 is 0. The second-order valence-corrected chi connectivity index (χ2v) is 6.86. The van der Waals surface area contributed by atoms with Crippen molar-refractivity contribution in [1.82, 2.24) is 4.72 Å². The highest BCUT2D eigenvalue weighted by Crippen LogP contribution is 2.11. The topological polar surface area (TPSA) is 66.4 Å². The molecule has 108 valence electrons. The van der Waals surface area contributed by atoms with Crippen LogP contribution in [0.1, 0.15) is 38.3 Å². The standard InChI is InChI=1S/C14H23NO3S/c1-4-14(11(2)3)15-19(17,18)10-13-7-5-12(9-16)6-8-13/h5-8,11,14-16H,4,9-10H2,1-3H3. The smallest absolute Gasteiger partial charge is 0.216 e. The number of benzene rings is 1. The lowest BCUT2D eigenvalue weighted by atomic mass is 10.0. The highest BCUT2D eigenvalue weighted by Gasteiger charge is 2.19. The van der Waals surface area contributed by atoms with Gasteiger partial charge in [-0.15, -0.1) is 0 Å². The molecule has 0 aromatic heterocycles. The summed E-state index contributed by atoms with van der Waals surface area (Å²) in [5.74, 6) is 0.249. The molecule has 1 aromatic rings. The van der Waals surface area contributed by atoms with Crippen molar-refractivity contribution < 1.29 is 13.5 Å². The van der Waals surface area contributed by atoms with Crippen molar-refractivity contribution in [1.29, 1.82) is 0 Å². The van der Waals surface area contributed by atoms with E-state index in [2.05, 4.69) is 4.72 Å². The first-order valence-electron chi connectivity index (χ1n) is 6.56. The van der Waals surface area contributed by atoms with Crippen molar-refractivity contribution in [2.75, 3.05) is 0 Å². The van der Waals surface area contributed by atoms with E-state index >= 15 is 0 Å². The Hall–Kier alpha value is -0.910. The Kier molecular flexibility index (Phi) is 5.97. The molecule has 0 bridgehead atoms. The minimum atomic E-state index is -3.32. The zero-order valence-electron chi connectivity index (χ0n) is 11.8. The van der Waals surface area contributed by atoms with Crippen LogP contribution in [0.4, 0.5) is 0 Å². The maximum atomic E-state index is 12.1. The average molecular weight is 285 g/mol. The van der Waals surface area contributed by atoms with Gasteiger partial charge in [-0.1, -0.05) is 45.0 Å². The van der Waals surface area contributed by atoms with Gasteiger partial charge in [-0.2, -0.15) is 0 Å². The average Bonchev–Trinajstić information content (AvgIpc) is 2.36. The number of aliphatic hydroxyl groups is 1. The molecule has 0 amide bonds. The number of aliphatic hydroxyl groups excluding tert-OH is 1. The molecule has 4 nitrogen and oxygen atoms in total. The van der Waals surface area contributed by atoms with Gasteiger partial charge in [0.2, 0.25) is 10.0 Å². The molecule has 0 aliphatic carbocycles. The van der Waals surface area contributed by atoms with Gasteiger partial charge in [-0.25, -0.2) is 13.1 Å². The SMILES string of the molecule is CCC(NS(=O)(=O)Cc1ccc(CO)cc1)C(C)C. The van der Waals surface area contributed by atoms with Gasteiger partial charge in [-0.05, 0) is 23.5 Å². The molecule has 0 aliphatic rings. The number of sulfonamides is 1. The van der Waals surface area contributed by atoms with Crippen molar-refractivity contribution in [3.63, 3.8) is 0 Å². The highest BCUT2D eigenvalue weighted by molar-refractivity contribution is 7.88. The normalized spacial score (nSPS) is 13.7. The lowest BCUT2D eigenvalue weighted by molar-refractivity contribution is 0.282. The van der Waals surface area contributed by atoms with Gasteiger partial charge in [0.1, 0.15) is 0 Å². The van der Waals surface area contributed by atoms with Gasteiger partial charge < -0.3 is 5.11 Å². The number of nitrogens with one attached hydrogen (secondary N) is 1. The van der Waals surface area contributed by atoms with Gasteiger partial charge in [0.25, 0.3) is 0 Å². The van der Waals surface area contributed by atoms with E-state index in [-0.39, 0.29) is 24.3 Å². The monoisotopic (exact) mass is 285 g/mol. The molecule has 0 aliphatic heterocycles. The zero-order valence-corrected chi connectivity index (χ0v) is 12.6. The highest BCUT2D eigenvalue weighted by atomic mass is 32.2. The quantitative estimate of drug-likeness (QED) is 0.805. The summed E-state index contributed by atoms with van der Waals surface area (Å²) < 4.78 is 26.9. The maximum absolute atomic E-state index is 12.1. The van der Waals surface area contributed by atoms with Crippen LogP contribution in [-0.4, -0.2) is 19.6 Å². The summed E-state index contributed by atoms with van der Waals surface area (Å²) in [6.07, 6.45) is 0.778. The molecule has 1 unspecified atom stereocenters. The minimum absolute atomic E-state index is 0.0259. The van der Waals surface area contributed by atoms with Crippen molar-refractivity contribution >= 4 is 10.0 Å². The molecule has 5 heteroatoms. The van der Waals surface area contributed by atoms with Gasteiger partial charge >= 0.3 is 0 Å². The van der Waals surface area contributed by atoms with E-state index in [4.69, 9.17) is 5.11 Å². The van der Waals surface area contributed by atoms with E-state index in [9.17, 15) is 8.42 Å². The molecule has 1 aromatic carbocycles. The molecular weight excluding hydrogens is 262 g/mol. The van der Waals surface area contributed by atoms with Crippen LogP contribution < -0.4 is 4.72 Å². The third-order valence-electron chi connectivity index (χ3n) is 3.14. The summed E-state index contributed by atoms with van der Waals surface area (Å²) in [4.78, 5) is 0. The van der Waals surface area contributed by atoms with Crippen LogP contribution in [0.25, 0.3) is 0 Å². The van der Waals surface area contributed by atoms with Crippen LogP contribution >= 0.6 is 0 Å². The summed E-state index contributed by atoms with van der Waals surface area (Å²) in [5, 5.41) is 8.94. The zero-order chi connectivity index (χ0) is 14.5. The Morgan fingerprint density at radius 2 is 1.68 bits per heavy atom. The molecule has 0 saturated heterocycles. The lowest BCUT2D eigenvalue weighted by Gasteiger charge is -2.20. The van der Waals surface area contributed by atoms with Gasteiger partial charge in [0.15, 0.2) is 0 Å². The molecule has 0 fully saturated rings. The van der Waals surface area contributed by atoms with E-state index in [1.165, 1.54) is 0 Å². The molecule has 1 rings (SSSR count). The largest absolute Gasteiger partial charge is 0.392 e. The number of hydrogen-bond donors (Lipinski definition) is 2. The predicted molar refractivity (Wildman–Crippen MR) is 77.0 cm³/mol. The molecule has 1 atom stereocenters. The van der Waals surface area contributed by atoms with Crippen LogP contribution in [0.5, 0.6) is 0 Å². The second-order valence-electron chi connectivity index (χ2n) is 5.11. The number of hydrogen-bond acceptors (Lipinski definition) is 3. The third-order valence-corrected chi connectivity index (χ3v) is 4.51. The first-order chi connectivity index (χ1) is 8.88. The van der Waals surface area contributed by atoms with Gasteiger partial charge in [0, 0.05) is 6.04 Å². The Balaban J connectivity index is 2.73. The Morgan fingerprint density at radius 3 is 2.11 bits per heavy atom. The van der Waals surface area contributed by atoms with Gasteiger partial charge in [0.05, 0.1) is 12.4 Å². The summed E-state index contributed by atoms with van der Waals surface area (Å²) in [7, 11) is -3.32. The van der Waals surface area contributed by atoms with E-state index in [1.807, 2.05) is 20.8 Å². The summed E-state index contributed by atoms with van der Waals surface area (Å²) in [5.41, 5.74) is 1.51. The molecule has 0 heterocycles. The Labute approximate surface area is 115 Å². The fraction of sp³-hybridized carbons (Fsp3) is 0.571. The first kappa shape index (κ1) is 16.1. The first-order valence-corrected chi connectivity index (χ1v) is 8.22. The van der Waals surface area contributed by atoms with Crippen LogP contribution in [0, 0.1) is 5.92 Å². The van der Waals surface area contributed by atoms with E-state index in [0.717, 1.165) is 17.5 Å². The molecule has 0 spiro atoms. The fourth-order valence-electron chi connectivity index (χ4n) is 1.92. The van der Waals surface area contributed by atoms with Crippen LogP contribution in [-0.2, 0) is 22.4 Å². The maximum Gasteiger partial charge on any atom is 0.216 e. The van der Waals surface area contributed by atoms with Crippen molar-refractivity contribution in [3.8, 4) is 0 Å². The molecule has 19 heavy (non-hydrogen) atoms. The number of rotatable bonds is 7. The predicted octanol–water partition coefficient (Wildman–Crippen LogP) is 2.03. The molecule has 2 N–H and O–H groups in total. The summed E-state index contributed by atoms with van der Waals surface area (Å²) in [6, 6.07) is 6.93. The minimum Gasteiger partial charge on any atom is -0.392 e.